The van der Waals surface area contributed by atoms with Crippen molar-refractivity contribution in [3.63, 3.8) is 0 Å². The molecular weight excluding hydrogens is 525 g/mol. The molecule has 1 aliphatic rings. The predicted molar refractivity (Wildman–Crippen MR) is 135 cm³/mol. The lowest BCUT2D eigenvalue weighted by atomic mass is 10.1. The molecule has 1 fully saturated rings. The molecule has 1 saturated heterocycles. The van der Waals surface area contributed by atoms with Crippen LogP contribution in [0.2, 0.25) is 5.02 Å². The average molecular weight is 547 g/mol. The molecule has 4 N–H and O–H groups in total. The molecule has 4 aromatic rings. The average Bonchev–Trinajstić information content (AvgIpc) is 3.51. The second-order valence-electron chi connectivity index (χ2n) is 8.43. The minimum Gasteiger partial charge on any atom is -0.489 e. The summed E-state index contributed by atoms with van der Waals surface area (Å²) in [6.07, 6.45) is 2.98. The number of rotatable bonds is 7. The van der Waals surface area contributed by atoms with Gasteiger partial charge in [0.1, 0.15) is 28.1 Å². The van der Waals surface area contributed by atoms with Crippen molar-refractivity contribution in [1.82, 2.24) is 29.8 Å². The Bertz CT molecular complexity index is 1490. The van der Waals surface area contributed by atoms with Gasteiger partial charge < -0.3 is 30.4 Å². The van der Waals surface area contributed by atoms with Crippen LogP contribution in [0.4, 0.5) is 24.8 Å². The van der Waals surface area contributed by atoms with E-state index in [1.54, 1.807) is 11.6 Å². The Morgan fingerprint density at radius 1 is 1.24 bits per heavy atom. The van der Waals surface area contributed by atoms with Crippen LogP contribution in [0.25, 0.3) is 16.9 Å². The van der Waals surface area contributed by atoms with Crippen molar-refractivity contribution in [2.45, 2.75) is 18.7 Å². The van der Waals surface area contributed by atoms with Gasteiger partial charge >= 0.3 is 6.18 Å². The van der Waals surface area contributed by atoms with Crippen LogP contribution in [0, 0.1) is 0 Å². The summed E-state index contributed by atoms with van der Waals surface area (Å²) >= 11 is 6.62. The summed E-state index contributed by atoms with van der Waals surface area (Å²) in [7, 11) is 1.65. The van der Waals surface area contributed by atoms with Crippen molar-refractivity contribution in [2.75, 3.05) is 18.4 Å². The largest absolute Gasteiger partial charge is 0.489 e. The number of hydrogen-bond acceptors (Lipinski definition) is 9. The zero-order valence-corrected chi connectivity index (χ0v) is 20.7. The number of nitrogens with one attached hydrogen (secondary N) is 2. The van der Waals surface area contributed by atoms with E-state index in [0.717, 1.165) is 18.7 Å². The third-order valence-corrected chi connectivity index (χ3v) is 6.17. The third kappa shape index (κ3) is 5.29. The van der Waals surface area contributed by atoms with Gasteiger partial charge in [-0.15, -0.1) is 0 Å². The Morgan fingerprint density at radius 3 is 2.76 bits per heavy atom. The first-order chi connectivity index (χ1) is 18.2. The highest BCUT2D eigenvalue weighted by atomic mass is 35.5. The Kier molecular flexibility index (Phi) is 6.95. The highest BCUT2D eigenvalue weighted by Crippen LogP contribution is 2.37. The molecule has 0 radical (unpaired) electrons. The normalized spacial score (nSPS) is 16.1. The molecule has 1 aromatic carbocycles. The van der Waals surface area contributed by atoms with E-state index >= 15 is 0 Å². The lowest BCUT2D eigenvalue weighted by Crippen LogP contribution is -2.20. The molecule has 0 saturated carbocycles. The van der Waals surface area contributed by atoms with Crippen molar-refractivity contribution in [2.24, 2.45) is 12.8 Å². The van der Waals surface area contributed by atoms with Gasteiger partial charge in [0.2, 0.25) is 5.95 Å². The molecule has 10 nitrogen and oxygen atoms in total. The van der Waals surface area contributed by atoms with E-state index < -0.39 is 11.7 Å². The summed E-state index contributed by atoms with van der Waals surface area (Å²) in [5.41, 5.74) is 6.03. The fourth-order valence-corrected chi connectivity index (χ4v) is 4.26. The minimum atomic E-state index is -4.56. The number of ether oxygens (including phenoxy) is 2. The van der Waals surface area contributed by atoms with Gasteiger partial charge in [-0.25, -0.2) is 9.97 Å². The molecule has 5 rings (SSSR count). The lowest BCUT2D eigenvalue weighted by molar-refractivity contribution is -0.137. The first-order valence-electron chi connectivity index (χ1n) is 11.5. The monoisotopic (exact) mass is 546 g/mol. The second kappa shape index (κ2) is 10.3. The molecule has 38 heavy (non-hydrogen) atoms. The van der Waals surface area contributed by atoms with Crippen molar-refractivity contribution in [3.8, 4) is 11.5 Å². The maximum absolute atomic E-state index is 13.6. The summed E-state index contributed by atoms with van der Waals surface area (Å²) in [6.45, 7) is 1.31. The van der Waals surface area contributed by atoms with Gasteiger partial charge in [0.05, 0.1) is 18.0 Å². The zero-order valence-electron chi connectivity index (χ0n) is 20.0. The predicted octanol–water partition coefficient (Wildman–Crippen LogP) is 4.25. The van der Waals surface area contributed by atoms with Crippen LogP contribution in [-0.4, -0.2) is 43.7 Å². The maximum atomic E-state index is 13.6. The van der Waals surface area contributed by atoms with Crippen LogP contribution < -0.4 is 25.8 Å². The maximum Gasteiger partial charge on any atom is 0.416 e. The molecule has 0 bridgehead atoms. The summed E-state index contributed by atoms with van der Waals surface area (Å²) in [5.74, 6) is 0.696. The Morgan fingerprint density at radius 2 is 2.08 bits per heavy atom. The van der Waals surface area contributed by atoms with Gasteiger partial charge in [-0.1, -0.05) is 11.6 Å². The van der Waals surface area contributed by atoms with Crippen molar-refractivity contribution in [3.05, 3.63) is 65.5 Å². The number of nitrogens with zero attached hydrogens (tertiary/aromatic N) is 5. The van der Waals surface area contributed by atoms with Crippen molar-refractivity contribution >= 4 is 40.2 Å². The number of alkyl halides is 3. The topological polar surface area (TPSA) is 125 Å². The van der Waals surface area contributed by atoms with E-state index in [9.17, 15) is 13.2 Å². The Labute approximate surface area is 219 Å². The Hall–Kier alpha value is -4.10. The number of nitrogens with two attached hydrogens (primary N) is 1. The van der Waals surface area contributed by atoms with Crippen molar-refractivity contribution < 1.29 is 22.6 Å². The van der Waals surface area contributed by atoms with Gasteiger partial charge in [-0.3, -0.25) is 4.98 Å². The number of hydrogen-bond donors (Lipinski definition) is 3. The SMILES string of the molecule is Cn1c(Nc2cc(O[C@@H]3CCNC3)cc(C(F)(F)F)c2)nc2ncc(O/C(=C/N)c3cnccn3)c(Cl)c21. The van der Waals surface area contributed by atoms with E-state index in [2.05, 4.69) is 30.6 Å². The summed E-state index contributed by atoms with van der Waals surface area (Å²) in [4.78, 5) is 16.8. The van der Waals surface area contributed by atoms with Gasteiger partial charge in [0.25, 0.3) is 0 Å². The number of fused-ring (bicyclic) bond motifs is 1. The van der Waals surface area contributed by atoms with Crippen LogP contribution in [0.1, 0.15) is 17.7 Å². The van der Waals surface area contributed by atoms with Crippen LogP contribution >= 0.6 is 11.6 Å². The second-order valence-corrected chi connectivity index (χ2v) is 8.81. The summed E-state index contributed by atoms with van der Waals surface area (Å²) < 4.78 is 54.1. The molecule has 0 aliphatic carbocycles. The van der Waals surface area contributed by atoms with Gasteiger partial charge in [-0.2, -0.15) is 18.2 Å². The van der Waals surface area contributed by atoms with E-state index in [-0.39, 0.29) is 45.7 Å². The van der Waals surface area contributed by atoms with Gasteiger partial charge in [0, 0.05) is 43.9 Å². The zero-order chi connectivity index (χ0) is 26.9. The summed E-state index contributed by atoms with van der Waals surface area (Å²) in [6, 6.07) is 3.47. The molecule has 3 aromatic heterocycles. The minimum absolute atomic E-state index is 0.103. The van der Waals surface area contributed by atoms with Crippen LogP contribution in [-0.2, 0) is 13.2 Å². The molecular formula is C24H22ClF3N8O2. The molecule has 0 unspecified atom stereocenters. The Balaban J connectivity index is 1.46. The van der Waals surface area contributed by atoms with Crippen LogP contribution in [0.15, 0.2) is 49.2 Å². The number of anilines is 2. The number of pyridine rings is 1. The number of imidazole rings is 1. The van der Waals surface area contributed by atoms with Crippen LogP contribution in [0.3, 0.4) is 0 Å². The molecule has 198 valence electrons. The highest BCUT2D eigenvalue weighted by Gasteiger charge is 2.32. The first kappa shape index (κ1) is 25.5. The summed E-state index contributed by atoms with van der Waals surface area (Å²) in [5, 5.41) is 6.23. The van der Waals surface area contributed by atoms with E-state index in [0.29, 0.717) is 24.2 Å². The lowest BCUT2D eigenvalue weighted by Gasteiger charge is -2.17. The standard InChI is InChI=1S/C24H22ClF3N8O2/c1-36-21-20(25)19(38-18(9-29)17-11-31-4-5-32-17)12-33-22(21)35-23(36)34-14-6-13(24(26,27)28)7-16(8-14)37-15-2-3-30-10-15/h4-9,11-12,15,30H,2-3,10,29H2,1H3,(H,33,34,35)/b18-9+/t15-/m1/s1. The molecule has 4 heterocycles. The number of benzene rings is 1. The van der Waals surface area contributed by atoms with Crippen molar-refractivity contribution in [1.29, 1.82) is 0 Å². The molecule has 1 aliphatic heterocycles. The van der Waals surface area contributed by atoms with E-state index in [4.69, 9.17) is 26.8 Å². The van der Waals surface area contributed by atoms with Crippen LogP contribution in [0.5, 0.6) is 11.5 Å². The van der Waals surface area contributed by atoms with E-state index in [1.165, 1.54) is 37.1 Å². The first-order valence-corrected chi connectivity index (χ1v) is 11.8. The van der Waals surface area contributed by atoms with Gasteiger partial charge in [-0.05, 0) is 25.1 Å². The smallest absolute Gasteiger partial charge is 0.416 e. The molecule has 14 heteroatoms. The highest BCUT2D eigenvalue weighted by molar-refractivity contribution is 6.36. The van der Waals surface area contributed by atoms with E-state index in [1.807, 2.05) is 0 Å². The number of aryl methyl sites for hydroxylation is 1. The quantitative estimate of drug-likeness (QED) is 0.292. The number of aromatic nitrogens is 5. The molecule has 1 atom stereocenters. The van der Waals surface area contributed by atoms with Gasteiger partial charge in [0.15, 0.2) is 17.2 Å². The fraction of sp³-hybridized carbons (Fsp3) is 0.250. The number of halogens is 4. The molecule has 0 spiro atoms. The third-order valence-electron chi connectivity index (χ3n) is 5.80. The molecule has 0 amide bonds. The fourth-order valence-electron chi connectivity index (χ4n) is 3.97.